The molecule has 68 valence electrons. The smallest absolute Gasteiger partial charge is 0.223 e. The number of aromatic nitrogens is 4. The van der Waals surface area contributed by atoms with E-state index in [0.29, 0.717) is 11.8 Å². The van der Waals surface area contributed by atoms with Crippen LogP contribution in [0.1, 0.15) is 17.1 Å². The highest BCUT2D eigenvalue weighted by Crippen LogP contribution is 2.13. The monoisotopic (exact) mass is 177 g/mol. The SMILES string of the molecule is Cc1nc2c(C)c(C)nc(N)n2n1. The third-order valence-corrected chi connectivity index (χ3v) is 2.09. The number of rotatable bonds is 0. The Morgan fingerprint density at radius 1 is 1.15 bits per heavy atom. The Kier molecular flexibility index (Phi) is 1.48. The zero-order valence-electron chi connectivity index (χ0n) is 7.87. The summed E-state index contributed by atoms with van der Waals surface area (Å²) in [7, 11) is 0. The van der Waals surface area contributed by atoms with E-state index in [4.69, 9.17) is 5.73 Å². The molecule has 2 aromatic rings. The van der Waals surface area contributed by atoms with E-state index in [9.17, 15) is 0 Å². The quantitative estimate of drug-likeness (QED) is 0.640. The molecule has 2 aromatic heterocycles. The van der Waals surface area contributed by atoms with E-state index >= 15 is 0 Å². The van der Waals surface area contributed by atoms with Crippen LogP contribution in [0.3, 0.4) is 0 Å². The maximum atomic E-state index is 5.69. The fraction of sp³-hybridized carbons (Fsp3) is 0.375. The van der Waals surface area contributed by atoms with Gasteiger partial charge in [0, 0.05) is 11.3 Å². The molecule has 13 heavy (non-hydrogen) atoms. The van der Waals surface area contributed by atoms with Gasteiger partial charge in [0.2, 0.25) is 5.95 Å². The topological polar surface area (TPSA) is 69.1 Å². The predicted octanol–water partition coefficient (Wildman–Crippen LogP) is 0.632. The van der Waals surface area contributed by atoms with E-state index in [1.165, 1.54) is 0 Å². The Labute approximate surface area is 75.6 Å². The van der Waals surface area contributed by atoms with Gasteiger partial charge in [-0.1, -0.05) is 0 Å². The van der Waals surface area contributed by atoms with Gasteiger partial charge >= 0.3 is 0 Å². The van der Waals surface area contributed by atoms with Crippen LogP contribution < -0.4 is 5.73 Å². The molecule has 5 nitrogen and oxygen atoms in total. The van der Waals surface area contributed by atoms with Gasteiger partial charge in [-0.25, -0.2) is 9.97 Å². The van der Waals surface area contributed by atoms with E-state index in [2.05, 4.69) is 15.1 Å². The molecular weight excluding hydrogens is 166 g/mol. The van der Waals surface area contributed by atoms with Crippen molar-refractivity contribution in [2.45, 2.75) is 20.8 Å². The second kappa shape index (κ2) is 2.42. The van der Waals surface area contributed by atoms with Crippen LogP contribution in [0, 0.1) is 20.8 Å². The van der Waals surface area contributed by atoms with Crippen molar-refractivity contribution in [1.29, 1.82) is 0 Å². The summed E-state index contributed by atoms with van der Waals surface area (Å²) in [6, 6.07) is 0. The van der Waals surface area contributed by atoms with E-state index in [0.717, 1.165) is 16.9 Å². The van der Waals surface area contributed by atoms with Crippen LogP contribution in [-0.2, 0) is 0 Å². The lowest BCUT2D eigenvalue weighted by atomic mass is 10.2. The maximum absolute atomic E-state index is 5.69. The minimum absolute atomic E-state index is 0.388. The molecule has 2 heterocycles. The first-order valence-corrected chi connectivity index (χ1v) is 4.05. The lowest BCUT2D eigenvalue weighted by Crippen LogP contribution is -2.05. The molecule has 0 aliphatic rings. The average Bonchev–Trinajstić information content (AvgIpc) is 2.44. The summed E-state index contributed by atoms with van der Waals surface area (Å²) in [5.74, 6) is 1.10. The molecular formula is C8H11N5. The van der Waals surface area contributed by atoms with Crippen LogP contribution >= 0.6 is 0 Å². The zero-order chi connectivity index (χ0) is 9.59. The number of aryl methyl sites for hydroxylation is 3. The number of fused-ring (bicyclic) bond motifs is 1. The summed E-state index contributed by atoms with van der Waals surface area (Å²) < 4.78 is 1.57. The molecule has 0 saturated heterocycles. The maximum Gasteiger partial charge on any atom is 0.223 e. The van der Waals surface area contributed by atoms with Crippen LogP contribution in [0.4, 0.5) is 5.95 Å². The van der Waals surface area contributed by atoms with Crippen molar-refractivity contribution in [2.24, 2.45) is 0 Å². The first-order valence-electron chi connectivity index (χ1n) is 4.05. The summed E-state index contributed by atoms with van der Waals surface area (Å²) in [6.07, 6.45) is 0. The van der Waals surface area contributed by atoms with Crippen molar-refractivity contribution in [3.63, 3.8) is 0 Å². The van der Waals surface area contributed by atoms with Gasteiger partial charge in [0.1, 0.15) is 5.82 Å². The summed E-state index contributed by atoms with van der Waals surface area (Å²) in [5, 5.41) is 4.13. The molecule has 0 aliphatic carbocycles. The van der Waals surface area contributed by atoms with E-state index in [1.54, 1.807) is 4.52 Å². The molecule has 0 amide bonds. The van der Waals surface area contributed by atoms with Crippen molar-refractivity contribution < 1.29 is 0 Å². The first kappa shape index (κ1) is 7.97. The van der Waals surface area contributed by atoms with Crippen LogP contribution in [0.5, 0.6) is 0 Å². The van der Waals surface area contributed by atoms with Gasteiger partial charge in [0.05, 0.1) is 0 Å². The lowest BCUT2D eigenvalue weighted by Gasteiger charge is -2.02. The minimum atomic E-state index is 0.388. The van der Waals surface area contributed by atoms with E-state index < -0.39 is 0 Å². The largest absolute Gasteiger partial charge is 0.368 e. The number of hydrogen-bond donors (Lipinski definition) is 1. The van der Waals surface area contributed by atoms with Gasteiger partial charge in [-0.3, -0.25) is 0 Å². The Bertz CT molecular complexity index is 471. The van der Waals surface area contributed by atoms with Gasteiger partial charge in [-0.05, 0) is 20.8 Å². The summed E-state index contributed by atoms with van der Waals surface area (Å²) in [4.78, 5) is 8.42. The number of nitrogens with zero attached hydrogens (tertiary/aromatic N) is 4. The van der Waals surface area contributed by atoms with E-state index in [1.807, 2.05) is 20.8 Å². The minimum Gasteiger partial charge on any atom is -0.368 e. The first-order chi connectivity index (χ1) is 6.09. The van der Waals surface area contributed by atoms with Crippen molar-refractivity contribution in [1.82, 2.24) is 19.6 Å². The number of hydrogen-bond acceptors (Lipinski definition) is 4. The van der Waals surface area contributed by atoms with Crippen molar-refractivity contribution in [2.75, 3.05) is 5.73 Å². The van der Waals surface area contributed by atoms with Crippen molar-refractivity contribution >= 4 is 11.6 Å². The third kappa shape index (κ3) is 1.04. The average molecular weight is 177 g/mol. The summed E-state index contributed by atoms with van der Waals surface area (Å²) in [5.41, 5.74) is 8.41. The van der Waals surface area contributed by atoms with E-state index in [-0.39, 0.29) is 0 Å². The van der Waals surface area contributed by atoms with Gasteiger partial charge in [0.15, 0.2) is 5.65 Å². The highest BCUT2D eigenvalue weighted by molar-refractivity contribution is 5.51. The lowest BCUT2D eigenvalue weighted by molar-refractivity contribution is 0.899. The van der Waals surface area contributed by atoms with Gasteiger partial charge < -0.3 is 5.73 Å². The number of nitrogen functional groups attached to an aromatic ring is 1. The molecule has 0 aliphatic heterocycles. The second-order valence-electron chi connectivity index (χ2n) is 3.07. The fourth-order valence-corrected chi connectivity index (χ4v) is 1.28. The molecule has 0 aromatic carbocycles. The second-order valence-corrected chi connectivity index (χ2v) is 3.07. The molecule has 2 N–H and O–H groups in total. The molecule has 0 bridgehead atoms. The van der Waals surface area contributed by atoms with Crippen LogP contribution in [-0.4, -0.2) is 19.6 Å². The van der Waals surface area contributed by atoms with Gasteiger partial charge in [0.25, 0.3) is 0 Å². The van der Waals surface area contributed by atoms with Crippen LogP contribution in [0.15, 0.2) is 0 Å². The molecule has 0 radical (unpaired) electrons. The molecule has 0 spiro atoms. The Morgan fingerprint density at radius 2 is 1.85 bits per heavy atom. The van der Waals surface area contributed by atoms with Gasteiger partial charge in [-0.15, -0.1) is 5.10 Å². The normalized spacial score (nSPS) is 11.0. The van der Waals surface area contributed by atoms with Crippen LogP contribution in [0.2, 0.25) is 0 Å². The Hall–Kier alpha value is -1.65. The van der Waals surface area contributed by atoms with Crippen molar-refractivity contribution in [3.8, 4) is 0 Å². The van der Waals surface area contributed by atoms with Gasteiger partial charge in [-0.2, -0.15) is 4.52 Å². The standard InChI is InChI=1S/C8H11N5/c1-4-5(2)10-8(9)13-7(4)11-6(3)12-13/h1-3H3,(H2,9,10). The molecule has 0 unspecified atom stereocenters. The molecule has 0 atom stereocenters. The molecule has 0 saturated carbocycles. The Balaban J connectivity index is 2.95. The third-order valence-electron chi connectivity index (χ3n) is 2.09. The summed E-state index contributed by atoms with van der Waals surface area (Å²) >= 11 is 0. The van der Waals surface area contributed by atoms with Crippen LogP contribution in [0.25, 0.3) is 5.65 Å². The number of nitrogens with two attached hydrogens (primary N) is 1. The van der Waals surface area contributed by atoms with Crippen molar-refractivity contribution in [3.05, 3.63) is 17.1 Å². The highest BCUT2D eigenvalue weighted by Gasteiger charge is 2.08. The molecule has 0 fully saturated rings. The number of anilines is 1. The fourth-order valence-electron chi connectivity index (χ4n) is 1.28. The highest BCUT2D eigenvalue weighted by atomic mass is 15.3. The Morgan fingerprint density at radius 3 is 2.54 bits per heavy atom. The predicted molar refractivity (Wildman–Crippen MR) is 49.4 cm³/mol. The zero-order valence-corrected chi connectivity index (χ0v) is 7.87. The molecule has 5 heteroatoms. The summed E-state index contributed by atoms with van der Waals surface area (Å²) in [6.45, 7) is 5.71. The molecule has 2 rings (SSSR count).